The lowest BCUT2D eigenvalue weighted by atomic mass is 10.2. The molecule has 0 saturated carbocycles. The van der Waals surface area contributed by atoms with Gasteiger partial charge in [0.1, 0.15) is 5.82 Å². The summed E-state index contributed by atoms with van der Waals surface area (Å²) >= 11 is 7.38. The number of fused-ring (bicyclic) bond motifs is 1. The lowest BCUT2D eigenvalue weighted by Crippen LogP contribution is -1.98. The summed E-state index contributed by atoms with van der Waals surface area (Å²) in [7, 11) is 0. The Balaban J connectivity index is 1.81. The van der Waals surface area contributed by atoms with Crippen LogP contribution in [0.4, 0.5) is 19.7 Å². The zero-order valence-corrected chi connectivity index (χ0v) is 15.8. The van der Waals surface area contributed by atoms with Crippen molar-refractivity contribution in [2.24, 2.45) is 0 Å². The van der Waals surface area contributed by atoms with E-state index >= 15 is 0 Å². The Hall–Kier alpha value is -2.42. The number of anilines is 2. The lowest BCUT2D eigenvalue weighted by Gasteiger charge is -2.12. The summed E-state index contributed by atoms with van der Waals surface area (Å²) < 4.78 is 29.3. The summed E-state index contributed by atoms with van der Waals surface area (Å²) in [5.41, 5.74) is 1.83. The summed E-state index contributed by atoms with van der Waals surface area (Å²) in [6.45, 7) is 0. The summed E-state index contributed by atoms with van der Waals surface area (Å²) in [6.07, 6.45) is 2.39. The number of nitrogens with one attached hydrogen (secondary N) is 1. The molecule has 2 aromatic carbocycles. The van der Waals surface area contributed by atoms with E-state index in [2.05, 4.69) is 10.4 Å². The molecule has 0 fully saturated rings. The molecule has 4 aromatic rings. The van der Waals surface area contributed by atoms with Gasteiger partial charge in [-0.3, -0.25) is 4.79 Å². The van der Waals surface area contributed by atoms with E-state index in [1.54, 1.807) is 40.5 Å². The molecule has 9 heteroatoms. The molecule has 0 aliphatic carbocycles. The third-order valence-electron chi connectivity index (χ3n) is 3.94. The van der Waals surface area contributed by atoms with Crippen molar-refractivity contribution in [3.63, 3.8) is 0 Å². The number of benzene rings is 2. The van der Waals surface area contributed by atoms with Crippen LogP contribution in [0.5, 0.6) is 0 Å². The maximum absolute atomic E-state index is 14.1. The van der Waals surface area contributed by atoms with E-state index in [4.69, 9.17) is 11.6 Å². The zero-order chi connectivity index (χ0) is 19.0. The van der Waals surface area contributed by atoms with Crippen LogP contribution in [0.1, 0.15) is 9.67 Å². The van der Waals surface area contributed by atoms with Crippen molar-refractivity contribution in [2.75, 3.05) is 5.32 Å². The molecule has 1 N–H and O–H groups in total. The van der Waals surface area contributed by atoms with Gasteiger partial charge in [-0.25, -0.2) is 9.07 Å². The standard InChI is InChI=1S/C18H10ClF2N3OS2/c19-13-2-1-3-14(20)18(13)23-15-4-10-7-22-24(16(10)6-17(15)27-21)11-5-12(8-25)26-9-11/h1-9,23H. The topological polar surface area (TPSA) is 46.9 Å². The van der Waals surface area contributed by atoms with E-state index in [1.165, 1.54) is 23.5 Å². The number of aromatic nitrogens is 2. The number of carbonyl (C=O) groups excluding carboxylic acids is 1. The Morgan fingerprint density at radius 1 is 1.30 bits per heavy atom. The molecule has 2 aromatic heterocycles. The van der Waals surface area contributed by atoms with E-state index in [0.29, 0.717) is 21.8 Å². The number of aldehydes is 1. The number of nitrogens with zero attached hydrogens (tertiary/aromatic N) is 2. The number of hydrogen-bond acceptors (Lipinski definition) is 5. The molecule has 136 valence electrons. The normalized spacial score (nSPS) is 11.1. The molecule has 0 bridgehead atoms. The smallest absolute Gasteiger partial charge is 0.160 e. The fourth-order valence-electron chi connectivity index (χ4n) is 2.69. The molecule has 0 unspecified atom stereocenters. The molecule has 0 amide bonds. The summed E-state index contributed by atoms with van der Waals surface area (Å²) in [5, 5.41) is 9.90. The van der Waals surface area contributed by atoms with Gasteiger partial charge >= 0.3 is 0 Å². The number of carbonyl (C=O) groups is 1. The molecule has 0 saturated heterocycles. The molecule has 0 aliphatic heterocycles. The monoisotopic (exact) mass is 421 g/mol. The van der Waals surface area contributed by atoms with Crippen molar-refractivity contribution in [3.05, 3.63) is 63.7 Å². The third kappa shape index (κ3) is 3.31. The largest absolute Gasteiger partial charge is 0.351 e. The molecule has 4 nitrogen and oxygen atoms in total. The number of hydrogen-bond donors (Lipinski definition) is 1. The summed E-state index contributed by atoms with van der Waals surface area (Å²) in [4.78, 5) is 11.7. The van der Waals surface area contributed by atoms with Crippen molar-refractivity contribution in [1.82, 2.24) is 9.78 Å². The fraction of sp³-hybridized carbons (Fsp3) is 0. The molecule has 0 spiro atoms. The second kappa shape index (κ2) is 7.30. The van der Waals surface area contributed by atoms with Gasteiger partial charge in [0.05, 0.1) is 55.7 Å². The minimum absolute atomic E-state index is 0.0355. The van der Waals surface area contributed by atoms with Gasteiger partial charge in [-0.15, -0.1) is 11.3 Å². The highest BCUT2D eigenvalue weighted by Gasteiger charge is 2.15. The third-order valence-corrected chi connectivity index (χ3v) is 5.61. The zero-order valence-electron chi connectivity index (χ0n) is 13.4. The van der Waals surface area contributed by atoms with Gasteiger partial charge in [-0.2, -0.15) is 8.98 Å². The quantitative estimate of drug-likeness (QED) is 0.378. The van der Waals surface area contributed by atoms with E-state index in [0.717, 1.165) is 11.7 Å². The van der Waals surface area contributed by atoms with Crippen molar-refractivity contribution < 1.29 is 13.1 Å². The van der Waals surface area contributed by atoms with Crippen LogP contribution < -0.4 is 5.32 Å². The van der Waals surface area contributed by atoms with Gasteiger partial charge in [-0.05, 0) is 30.3 Å². The van der Waals surface area contributed by atoms with Crippen LogP contribution in [-0.2, 0) is 0 Å². The number of rotatable bonds is 5. The first kappa shape index (κ1) is 18.0. The maximum atomic E-state index is 14.1. The van der Waals surface area contributed by atoms with Crippen LogP contribution in [0.15, 0.2) is 52.9 Å². The highest BCUT2D eigenvalue weighted by atomic mass is 35.5. The Kier molecular flexibility index (Phi) is 4.86. The first-order valence-electron chi connectivity index (χ1n) is 7.66. The van der Waals surface area contributed by atoms with E-state index in [9.17, 15) is 13.1 Å². The van der Waals surface area contributed by atoms with Crippen LogP contribution in [0.3, 0.4) is 0 Å². The predicted molar refractivity (Wildman–Crippen MR) is 106 cm³/mol. The first-order chi connectivity index (χ1) is 13.1. The minimum atomic E-state index is -0.534. The fourth-order valence-corrected chi connectivity index (χ4v) is 3.92. The molecule has 0 radical (unpaired) electrons. The summed E-state index contributed by atoms with van der Waals surface area (Å²) in [6, 6.07) is 9.31. The molecular weight excluding hydrogens is 412 g/mol. The second-order valence-electron chi connectivity index (χ2n) is 5.59. The molecule has 4 rings (SSSR count). The van der Waals surface area contributed by atoms with Crippen LogP contribution in [0.25, 0.3) is 16.6 Å². The van der Waals surface area contributed by atoms with Gasteiger partial charge in [0, 0.05) is 10.8 Å². The van der Waals surface area contributed by atoms with Gasteiger partial charge in [0.25, 0.3) is 0 Å². The van der Waals surface area contributed by atoms with Crippen LogP contribution >= 0.6 is 35.1 Å². The van der Waals surface area contributed by atoms with Crippen molar-refractivity contribution in [3.8, 4) is 5.69 Å². The predicted octanol–water partition coefficient (Wildman–Crippen LogP) is 6.41. The first-order valence-corrected chi connectivity index (χ1v) is 9.63. The summed E-state index contributed by atoms with van der Waals surface area (Å²) in [5.74, 6) is -0.534. The van der Waals surface area contributed by atoms with Gasteiger partial charge in [-0.1, -0.05) is 17.7 Å². The Bertz CT molecular complexity index is 1140. The molecule has 2 heterocycles. The van der Waals surface area contributed by atoms with Crippen LogP contribution in [-0.4, -0.2) is 16.1 Å². The van der Waals surface area contributed by atoms with E-state index < -0.39 is 5.82 Å². The number of halogens is 3. The minimum Gasteiger partial charge on any atom is -0.351 e. The van der Waals surface area contributed by atoms with Crippen molar-refractivity contribution in [1.29, 1.82) is 0 Å². The molecule has 0 aliphatic rings. The highest BCUT2D eigenvalue weighted by molar-refractivity contribution is 7.94. The molecular formula is C18H10ClF2N3OS2. The average Bonchev–Trinajstić information content (AvgIpc) is 3.30. The molecule has 27 heavy (non-hydrogen) atoms. The average molecular weight is 422 g/mol. The second-order valence-corrected chi connectivity index (χ2v) is 7.53. The number of thiophene rings is 1. The Labute approximate surface area is 166 Å². The Morgan fingerprint density at radius 2 is 2.15 bits per heavy atom. The lowest BCUT2D eigenvalue weighted by molar-refractivity contribution is 0.112. The highest BCUT2D eigenvalue weighted by Crippen LogP contribution is 2.37. The van der Waals surface area contributed by atoms with E-state index in [-0.39, 0.29) is 27.8 Å². The Morgan fingerprint density at radius 3 is 2.85 bits per heavy atom. The number of para-hydroxylation sites is 1. The van der Waals surface area contributed by atoms with Crippen LogP contribution in [0.2, 0.25) is 5.02 Å². The van der Waals surface area contributed by atoms with Crippen molar-refractivity contribution in [2.45, 2.75) is 4.90 Å². The van der Waals surface area contributed by atoms with Gasteiger partial charge < -0.3 is 5.32 Å². The van der Waals surface area contributed by atoms with Crippen molar-refractivity contribution >= 4 is 63.6 Å². The SMILES string of the molecule is O=Cc1cc(-n2ncc3cc(Nc4c(F)cccc4Cl)c(SF)cc32)cs1. The maximum Gasteiger partial charge on any atom is 0.160 e. The van der Waals surface area contributed by atoms with Crippen LogP contribution in [0, 0.1) is 5.82 Å². The molecule has 0 atom stereocenters. The van der Waals surface area contributed by atoms with Gasteiger partial charge in [0.2, 0.25) is 0 Å². The van der Waals surface area contributed by atoms with Gasteiger partial charge in [0.15, 0.2) is 6.29 Å². The van der Waals surface area contributed by atoms with E-state index in [1.807, 2.05) is 0 Å².